The molecule has 0 radical (unpaired) electrons. The second kappa shape index (κ2) is 4.55. The summed E-state index contributed by atoms with van der Waals surface area (Å²) in [6.45, 7) is 0.679. The summed E-state index contributed by atoms with van der Waals surface area (Å²) in [5, 5.41) is 0.232. The number of hydrogen-bond acceptors (Lipinski definition) is 3. The Balaban J connectivity index is 1.98. The van der Waals surface area contributed by atoms with E-state index in [2.05, 4.69) is 4.98 Å². The predicted octanol–water partition coefficient (Wildman–Crippen LogP) is 2.52. The van der Waals surface area contributed by atoms with Gasteiger partial charge in [-0.05, 0) is 30.2 Å². The normalized spacial score (nSPS) is 13.4. The molecule has 19 heavy (non-hydrogen) atoms. The third-order valence-electron chi connectivity index (χ3n) is 3.19. The van der Waals surface area contributed by atoms with Gasteiger partial charge in [0.05, 0.1) is 0 Å². The number of nitrogen functional groups attached to an aromatic ring is 1. The maximum atomic E-state index is 12.5. The molecule has 0 aliphatic carbocycles. The summed E-state index contributed by atoms with van der Waals surface area (Å²) in [6, 6.07) is 11.0. The van der Waals surface area contributed by atoms with E-state index in [1.807, 2.05) is 24.3 Å². The Morgan fingerprint density at radius 1 is 1.32 bits per heavy atom. The zero-order chi connectivity index (χ0) is 13.4. The van der Waals surface area contributed by atoms with Crippen LogP contribution in [0.4, 0.5) is 11.5 Å². The first-order valence-corrected chi connectivity index (χ1v) is 6.36. The Hall–Kier alpha value is -2.07. The highest BCUT2D eigenvalue weighted by atomic mass is 35.5. The molecule has 0 bridgehead atoms. The SMILES string of the molecule is Nc1cc(C(=O)N2CCc3ccccc32)cc(Cl)n1. The molecule has 1 amide bonds. The van der Waals surface area contributed by atoms with Crippen molar-refractivity contribution in [3.8, 4) is 0 Å². The summed E-state index contributed by atoms with van der Waals surface area (Å²) in [6.07, 6.45) is 0.871. The Bertz CT molecular complexity index is 637. The van der Waals surface area contributed by atoms with E-state index < -0.39 is 0 Å². The minimum absolute atomic E-state index is 0.0963. The number of benzene rings is 1. The number of aromatic nitrogens is 1. The van der Waals surface area contributed by atoms with Gasteiger partial charge in [-0.15, -0.1) is 0 Å². The van der Waals surface area contributed by atoms with Gasteiger partial charge in [0.2, 0.25) is 0 Å². The Morgan fingerprint density at radius 2 is 2.11 bits per heavy atom. The maximum absolute atomic E-state index is 12.5. The number of nitrogens with zero attached hydrogens (tertiary/aromatic N) is 2. The lowest BCUT2D eigenvalue weighted by molar-refractivity contribution is 0.0989. The monoisotopic (exact) mass is 273 g/mol. The van der Waals surface area contributed by atoms with E-state index in [-0.39, 0.29) is 16.9 Å². The van der Waals surface area contributed by atoms with E-state index in [9.17, 15) is 4.79 Å². The largest absolute Gasteiger partial charge is 0.384 e. The minimum Gasteiger partial charge on any atom is -0.384 e. The topological polar surface area (TPSA) is 59.2 Å². The van der Waals surface area contributed by atoms with Crippen LogP contribution >= 0.6 is 11.6 Å². The first-order chi connectivity index (χ1) is 9.15. The molecule has 2 heterocycles. The van der Waals surface area contributed by atoms with Gasteiger partial charge >= 0.3 is 0 Å². The molecular weight excluding hydrogens is 262 g/mol. The van der Waals surface area contributed by atoms with Gasteiger partial charge in [0, 0.05) is 17.8 Å². The molecule has 2 N–H and O–H groups in total. The molecular formula is C14H12ClN3O. The quantitative estimate of drug-likeness (QED) is 0.812. The number of carbonyl (C=O) groups excluding carboxylic acids is 1. The molecule has 0 spiro atoms. The lowest BCUT2D eigenvalue weighted by Crippen LogP contribution is -2.29. The standard InChI is InChI=1S/C14H12ClN3O/c15-12-7-10(8-13(16)17-12)14(19)18-6-5-9-3-1-2-4-11(9)18/h1-4,7-8H,5-6H2,(H2,16,17). The molecule has 5 heteroatoms. The number of nitrogens with two attached hydrogens (primary N) is 1. The van der Waals surface area contributed by atoms with Gasteiger partial charge in [-0.25, -0.2) is 4.98 Å². The van der Waals surface area contributed by atoms with Crippen molar-refractivity contribution < 1.29 is 4.79 Å². The minimum atomic E-state index is -0.0963. The van der Waals surface area contributed by atoms with E-state index in [1.165, 1.54) is 5.56 Å². The zero-order valence-corrected chi connectivity index (χ0v) is 10.9. The van der Waals surface area contributed by atoms with Crippen LogP contribution in [-0.2, 0) is 6.42 Å². The summed E-state index contributed by atoms with van der Waals surface area (Å²) < 4.78 is 0. The highest BCUT2D eigenvalue weighted by Gasteiger charge is 2.25. The van der Waals surface area contributed by atoms with Gasteiger partial charge < -0.3 is 10.6 Å². The molecule has 0 atom stereocenters. The van der Waals surface area contributed by atoms with E-state index in [4.69, 9.17) is 17.3 Å². The molecule has 0 saturated heterocycles. The number of pyridine rings is 1. The fourth-order valence-electron chi connectivity index (χ4n) is 2.35. The second-order valence-electron chi connectivity index (χ2n) is 4.44. The molecule has 0 saturated carbocycles. The molecule has 4 nitrogen and oxygen atoms in total. The van der Waals surface area contributed by atoms with Crippen molar-refractivity contribution in [2.45, 2.75) is 6.42 Å². The number of hydrogen-bond donors (Lipinski definition) is 1. The smallest absolute Gasteiger partial charge is 0.258 e. The van der Waals surface area contributed by atoms with Gasteiger partial charge in [-0.3, -0.25) is 4.79 Å². The summed E-state index contributed by atoms with van der Waals surface area (Å²) in [5.74, 6) is 0.157. The fourth-order valence-corrected chi connectivity index (χ4v) is 2.56. The summed E-state index contributed by atoms with van der Waals surface area (Å²) in [5.41, 5.74) is 8.23. The lowest BCUT2D eigenvalue weighted by Gasteiger charge is -2.17. The number of halogens is 1. The Morgan fingerprint density at radius 3 is 2.89 bits per heavy atom. The molecule has 0 fully saturated rings. The van der Waals surface area contributed by atoms with E-state index in [0.29, 0.717) is 12.1 Å². The lowest BCUT2D eigenvalue weighted by atomic mass is 10.2. The van der Waals surface area contributed by atoms with Crippen LogP contribution in [0.25, 0.3) is 0 Å². The predicted molar refractivity (Wildman–Crippen MR) is 75.5 cm³/mol. The summed E-state index contributed by atoms with van der Waals surface area (Å²) >= 11 is 5.84. The molecule has 96 valence electrons. The van der Waals surface area contributed by atoms with Crippen molar-refractivity contribution in [3.05, 3.63) is 52.7 Å². The number of amides is 1. The van der Waals surface area contributed by atoms with Gasteiger partial charge in [0.1, 0.15) is 11.0 Å². The number of para-hydroxylation sites is 1. The number of fused-ring (bicyclic) bond motifs is 1. The van der Waals surface area contributed by atoms with Crippen LogP contribution < -0.4 is 10.6 Å². The Labute approximate surface area is 115 Å². The van der Waals surface area contributed by atoms with E-state index >= 15 is 0 Å². The fraction of sp³-hybridized carbons (Fsp3) is 0.143. The van der Waals surface area contributed by atoms with Crippen LogP contribution in [-0.4, -0.2) is 17.4 Å². The van der Waals surface area contributed by atoms with Crippen molar-refractivity contribution in [3.63, 3.8) is 0 Å². The van der Waals surface area contributed by atoms with Gasteiger partial charge in [-0.1, -0.05) is 29.8 Å². The van der Waals surface area contributed by atoms with Crippen LogP contribution in [0.5, 0.6) is 0 Å². The first kappa shape index (κ1) is 12.0. The van der Waals surface area contributed by atoms with Crippen LogP contribution in [0, 0.1) is 0 Å². The average molecular weight is 274 g/mol. The van der Waals surface area contributed by atoms with Crippen molar-refractivity contribution in [1.82, 2.24) is 4.98 Å². The van der Waals surface area contributed by atoms with Crippen LogP contribution in [0.15, 0.2) is 36.4 Å². The summed E-state index contributed by atoms with van der Waals surface area (Å²) in [7, 11) is 0. The second-order valence-corrected chi connectivity index (χ2v) is 4.83. The van der Waals surface area contributed by atoms with Crippen LogP contribution in [0.3, 0.4) is 0 Å². The number of rotatable bonds is 1. The van der Waals surface area contributed by atoms with E-state index in [1.54, 1.807) is 17.0 Å². The number of anilines is 2. The van der Waals surface area contributed by atoms with Gasteiger partial charge in [0.15, 0.2) is 0 Å². The molecule has 1 aliphatic rings. The third-order valence-corrected chi connectivity index (χ3v) is 3.39. The zero-order valence-electron chi connectivity index (χ0n) is 10.1. The average Bonchev–Trinajstić information content (AvgIpc) is 2.80. The molecule has 1 aromatic carbocycles. The van der Waals surface area contributed by atoms with Gasteiger partial charge in [-0.2, -0.15) is 0 Å². The third kappa shape index (κ3) is 2.15. The van der Waals surface area contributed by atoms with Crippen molar-refractivity contribution >= 4 is 29.0 Å². The molecule has 2 aromatic rings. The first-order valence-electron chi connectivity index (χ1n) is 5.98. The molecule has 3 rings (SSSR count). The van der Waals surface area contributed by atoms with Crippen molar-refractivity contribution in [1.29, 1.82) is 0 Å². The molecule has 1 aromatic heterocycles. The molecule has 0 unspecified atom stereocenters. The molecule has 1 aliphatic heterocycles. The van der Waals surface area contributed by atoms with Gasteiger partial charge in [0.25, 0.3) is 5.91 Å². The highest BCUT2D eigenvalue weighted by Crippen LogP contribution is 2.29. The van der Waals surface area contributed by atoms with Crippen molar-refractivity contribution in [2.75, 3.05) is 17.2 Å². The van der Waals surface area contributed by atoms with Crippen LogP contribution in [0.1, 0.15) is 15.9 Å². The highest BCUT2D eigenvalue weighted by molar-refractivity contribution is 6.30. The van der Waals surface area contributed by atoms with Crippen LogP contribution in [0.2, 0.25) is 5.15 Å². The summed E-state index contributed by atoms with van der Waals surface area (Å²) in [4.78, 5) is 18.1. The number of carbonyl (C=O) groups is 1. The Kier molecular flexibility index (Phi) is 2.87. The maximum Gasteiger partial charge on any atom is 0.258 e. The van der Waals surface area contributed by atoms with E-state index in [0.717, 1.165) is 12.1 Å². The van der Waals surface area contributed by atoms with Crippen molar-refractivity contribution in [2.24, 2.45) is 0 Å².